The molecule has 0 spiro atoms. The summed E-state index contributed by atoms with van der Waals surface area (Å²) in [4.78, 5) is 11.3. The molecule has 0 saturated carbocycles. The van der Waals surface area contributed by atoms with Gasteiger partial charge in [0.15, 0.2) is 5.78 Å². The van der Waals surface area contributed by atoms with E-state index in [4.69, 9.17) is 0 Å². The first-order chi connectivity index (χ1) is 6.20. The van der Waals surface area contributed by atoms with E-state index >= 15 is 0 Å². The topological polar surface area (TPSA) is 17.1 Å². The number of hydrogen-bond donors (Lipinski definition) is 0. The van der Waals surface area contributed by atoms with Gasteiger partial charge in [-0.3, -0.25) is 4.79 Å². The van der Waals surface area contributed by atoms with E-state index in [0.29, 0.717) is 0 Å². The fourth-order valence-corrected chi connectivity index (χ4v) is 1.52. The van der Waals surface area contributed by atoms with Crippen molar-refractivity contribution in [3.05, 3.63) is 41.5 Å². The van der Waals surface area contributed by atoms with Crippen molar-refractivity contribution in [2.75, 3.05) is 0 Å². The van der Waals surface area contributed by atoms with Crippen LogP contribution in [0.15, 0.2) is 24.8 Å². The average molecular weight is 174 g/mol. The lowest BCUT2D eigenvalue weighted by Crippen LogP contribution is -2.00. The van der Waals surface area contributed by atoms with Crippen molar-refractivity contribution in [3.8, 4) is 0 Å². The second-order valence-corrected chi connectivity index (χ2v) is 2.99. The molecule has 0 N–H and O–H groups in total. The summed E-state index contributed by atoms with van der Waals surface area (Å²) in [5.74, 6) is 0.126. The van der Waals surface area contributed by atoms with Crippen LogP contribution in [0.1, 0.15) is 35.3 Å². The highest BCUT2D eigenvalue weighted by Crippen LogP contribution is 2.17. The molecule has 0 aliphatic carbocycles. The molecule has 13 heavy (non-hydrogen) atoms. The Balaban J connectivity index is 3.35. The monoisotopic (exact) mass is 174 g/mol. The summed E-state index contributed by atoms with van der Waals surface area (Å²) in [6.07, 6.45) is 2.67. The summed E-state index contributed by atoms with van der Waals surface area (Å²) in [6, 6.07) is 5.75. The average Bonchev–Trinajstić information content (AvgIpc) is 2.16. The van der Waals surface area contributed by atoms with Gasteiger partial charge in [-0.1, -0.05) is 37.8 Å². The molecule has 1 heteroatoms. The lowest BCUT2D eigenvalue weighted by molar-refractivity contribution is 0.101. The Morgan fingerprint density at radius 2 is 2.23 bits per heavy atom. The minimum Gasteiger partial charge on any atom is -0.295 e. The van der Waals surface area contributed by atoms with E-state index in [-0.39, 0.29) is 5.78 Å². The SMILES string of the molecule is C=Cc1cccc(C(C)=O)c1CC. The summed E-state index contributed by atoms with van der Waals surface area (Å²) in [5, 5.41) is 0. The molecule has 0 aromatic heterocycles. The van der Waals surface area contributed by atoms with Crippen molar-refractivity contribution < 1.29 is 4.79 Å². The second-order valence-electron chi connectivity index (χ2n) is 2.99. The van der Waals surface area contributed by atoms with Gasteiger partial charge in [0.1, 0.15) is 0 Å². The molecule has 1 aromatic carbocycles. The Bertz CT molecular complexity index is 337. The molecule has 0 fully saturated rings. The molecule has 0 amide bonds. The van der Waals surface area contributed by atoms with Gasteiger partial charge in [0.25, 0.3) is 0 Å². The number of Topliss-reactive ketones (excluding diaryl/α,β-unsaturated/α-hetero) is 1. The number of rotatable bonds is 3. The Hall–Kier alpha value is -1.37. The third kappa shape index (κ3) is 1.86. The van der Waals surface area contributed by atoms with Crippen molar-refractivity contribution in [1.29, 1.82) is 0 Å². The zero-order valence-corrected chi connectivity index (χ0v) is 8.13. The van der Waals surface area contributed by atoms with Crippen molar-refractivity contribution in [3.63, 3.8) is 0 Å². The molecule has 0 unspecified atom stereocenters. The van der Waals surface area contributed by atoms with Gasteiger partial charge in [0.2, 0.25) is 0 Å². The minimum atomic E-state index is 0.126. The summed E-state index contributed by atoms with van der Waals surface area (Å²) < 4.78 is 0. The van der Waals surface area contributed by atoms with Gasteiger partial charge in [-0.2, -0.15) is 0 Å². The van der Waals surface area contributed by atoms with Gasteiger partial charge in [0.05, 0.1) is 0 Å². The maximum Gasteiger partial charge on any atom is 0.160 e. The van der Waals surface area contributed by atoms with E-state index in [9.17, 15) is 4.79 Å². The molecular formula is C12H14O. The second kappa shape index (κ2) is 4.04. The van der Waals surface area contributed by atoms with Crippen molar-refractivity contribution in [1.82, 2.24) is 0 Å². The van der Waals surface area contributed by atoms with Gasteiger partial charge >= 0.3 is 0 Å². The molecular weight excluding hydrogens is 160 g/mol. The number of hydrogen-bond acceptors (Lipinski definition) is 1. The van der Waals surface area contributed by atoms with Crippen LogP contribution in [-0.4, -0.2) is 5.78 Å². The lowest BCUT2D eigenvalue weighted by Gasteiger charge is -2.07. The fourth-order valence-electron chi connectivity index (χ4n) is 1.52. The van der Waals surface area contributed by atoms with Crippen LogP contribution in [0.3, 0.4) is 0 Å². The van der Waals surface area contributed by atoms with E-state index in [1.54, 1.807) is 13.0 Å². The molecule has 0 radical (unpaired) electrons. The molecule has 1 aromatic rings. The number of ketones is 1. The Kier molecular flexibility index (Phi) is 3.02. The number of carbonyl (C=O) groups excluding carboxylic acids is 1. The number of carbonyl (C=O) groups is 1. The van der Waals surface area contributed by atoms with Crippen LogP contribution >= 0.6 is 0 Å². The highest BCUT2D eigenvalue weighted by atomic mass is 16.1. The van der Waals surface area contributed by atoms with Crippen LogP contribution in [0.4, 0.5) is 0 Å². The van der Waals surface area contributed by atoms with Crippen molar-refractivity contribution in [2.24, 2.45) is 0 Å². The fraction of sp³-hybridized carbons (Fsp3) is 0.250. The van der Waals surface area contributed by atoms with E-state index < -0.39 is 0 Å². The summed E-state index contributed by atoms with van der Waals surface area (Å²) in [7, 11) is 0. The van der Waals surface area contributed by atoms with Gasteiger partial charge < -0.3 is 0 Å². The van der Waals surface area contributed by atoms with Crippen LogP contribution in [0, 0.1) is 0 Å². The zero-order chi connectivity index (χ0) is 9.84. The molecule has 0 aliphatic rings. The Labute approximate surface area is 79.1 Å². The van der Waals surface area contributed by atoms with Gasteiger partial charge in [0, 0.05) is 5.56 Å². The molecule has 68 valence electrons. The van der Waals surface area contributed by atoms with Crippen LogP contribution in [0.2, 0.25) is 0 Å². The van der Waals surface area contributed by atoms with E-state index in [1.165, 1.54) is 0 Å². The van der Waals surface area contributed by atoms with E-state index in [0.717, 1.165) is 23.1 Å². The molecule has 0 aliphatic heterocycles. The zero-order valence-electron chi connectivity index (χ0n) is 8.13. The summed E-state index contributed by atoms with van der Waals surface area (Å²) >= 11 is 0. The number of benzene rings is 1. The summed E-state index contributed by atoms with van der Waals surface area (Å²) in [6.45, 7) is 7.38. The summed E-state index contributed by atoms with van der Waals surface area (Å²) in [5.41, 5.74) is 2.99. The first kappa shape index (κ1) is 9.72. The van der Waals surface area contributed by atoms with Crippen LogP contribution in [0.25, 0.3) is 6.08 Å². The predicted molar refractivity (Wildman–Crippen MR) is 55.9 cm³/mol. The van der Waals surface area contributed by atoms with Gasteiger partial charge in [-0.15, -0.1) is 0 Å². The predicted octanol–water partition coefficient (Wildman–Crippen LogP) is 3.09. The van der Waals surface area contributed by atoms with Crippen molar-refractivity contribution in [2.45, 2.75) is 20.3 Å². The largest absolute Gasteiger partial charge is 0.295 e. The normalized spacial score (nSPS) is 9.69. The quantitative estimate of drug-likeness (QED) is 0.643. The molecule has 0 bridgehead atoms. The van der Waals surface area contributed by atoms with Crippen LogP contribution < -0.4 is 0 Å². The smallest absolute Gasteiger partial charge is 0.160 e. The third-order valence-electron chi connectivity index (χ3n) is 2.17. The molecule has 0 heterocycles. The van der Waals surface area contributed by atoms with Crippen LogP contribution in [0.5, 0.6) is 0 Å². The van der Waals surface area contributed by atoms with E-state index in [2.05, 4.69) is 13.5 Å². The van der Waals surface area contributed by atoms with Crippen molar-refractivity contribution >= 4 is 11.9 Å². The van der Waals surface area contributed by atoms with E-state index in [1.807, 2.05) is 18.2 Å². The van der Waals surface area contributed by atoms with Crippen LogP contribution in [-0.2, 0) is 6.42 Å². The first-order valence-corrected chi connectivity index (χ1v) is 4.46. The maximum absolute atomic E-state index is 11.3. The first-order valence-electron chi connectivity index (χ1n) is 4.46. The minimum absolute atomic E-state index is 0.126. The Morgan fingerprint density at radius 1 is 1.54 bits per heavy atom. The highest BCUT2D eigenvalue weighted by molar-refractivity contribution is 5.96. The molecule has 0 atom stereocenters. The van der Waals surface area contributed by atoms with Gasteiger partial charge in [-0.05, 0) is 24.5 Å². The standard InChI is InChI=1S/C12H14O/c1-4-10-7-6-8-12(9(3)13)11(10)5-2/h4,6-8H,1,5H2,2-3H3. The lowest BCUT2D eigenvalue weighted by atomic mass is 9.97. The third-order valence-corrected chi connectivity index (χ3v) is 2.17. The highest BCUT2D eigenvalue weighted by Gasteiger charge is 2.07. The van der Waals surface area contributed by atoms with Gasteiger partial charge in [-0.25, -0.2) is 0 Å². The Morgan fingerprint density at radius 3 is 2.69 bits per heavy atom. The molecule has 0 saturated heterocycles. The maximum atomic E-state index is 11.3. The molecule has 1 nitrogen and oxygen atoms in total. The molecule has 1 rings (SSSR count).